The fraction of sp³-hybridized carbons (Fsp3) is 0.938. The van der Waals surface area contributed by atoms with Gasteiger partial charge in [0.25, 0.3) is 0 Å². The molecule has 0 radical (unpaired) electrons. The zero-order chi connectivity index (χ0) is 14.5. The van der Waals surface area contributed by atoms with Gasteiger partial charge in [0.2, 0.25) is 5.91 Å². The molecule has 0 aromatic heterocycles. The number of likely N-dealkylation sites (tertiary alicyclic amines) is 1. The Morgan fingerprint density at radius 3 is 2.32 bits per heavy atom. The molecule has 0 aliphatic carbocycles. The summed E-state index contributed by atoms with van der Waals surface area (Å²) in [4.78, 5) is 14.1. The Bertz CT molecular complexity index is 273. The Balaban J connectivity index is 2.21. The van der Waals surface area contributed by atoms with Crippen LogP contribution in [0.5, 0.6) is 0 Å². The maximum atomic E-state index is 11.8. The molecule has 0 saturated carbocycles. The quantitative estimate of drug-likeness (QED) is 0.831. The number of amides is 1. The fourth-order valence-corrected chi connectivity index (χ4v) is 2.79. The van der Waals surface area contributed by atoms with E-state index in [9.17, 15) is 4.79 Å². The second-order valence-electron chi connectivity index (χ2n) is 7.68. The first kappa shape index (κ1) is 16.5. The van der Waals surface area contributed by atoms with Crippen LogP contribution >= 0.6 is 0 Å². The summed E-state index contributed by atoms with van der Waals surface area (Å²) in [5.74, 6) is 1.56. The molecular formula is C16H32N2O. The van der Waals surface area contributed by atoms with E-state index in [0.717, 1.165) is 25.6 Å². The molecule has 0 bridgehead atoms. The summed E-state index contributed by atoms with van der Waals surface area (Å²) < 4.78 is 0. The predicted molar refractivity (Wildman–Crippen MR) is 81.1 cm³/mol. The highest BCUT2D eigenvalue weighted by Gasteiger charge is 2.24. The van der Waals surface area contributed by atoms with Crippen LogP contribution in [0.4, 0.5) is 0 Å². The molecule has 0 aromatic carbocycles. The molecule has 0 spiro atoms. The van der Waals surface area contributed by atoms with Gasteiger partial charge in [0.1, 0.15) is 0 Å². The maximum absolute atomic E-state index is 11.8. The van der Waals surface area contributed by atoms with Gasteiger partial charge in [0, 0.05) is 6.54 Å². The lowest BCUT2D eigenvalue weighted by Gasteiger charge is -2.34. The highest BCUT2D eigenvalue weighted by molar-refractivity contribution is 5.77. The fourth-order valence-electron chi connectivity index (χ4n) is 2.79. The van der Waals surface area contributed by atoms with Crippen LogP contribution in [-0.2, 0) is 4.79 Å². The molecule has 1 N–H and O–H groups in total. The lowest BCUT2D eigenvalue weighted by atomic mass is 9.80. The number of piperidine rings is 1. The van der Waals surface area contributed by atoms with Crippen LogP contribution in [0.3, 0.4) is 0 Å². The minimum Gasteiger partial charge on any atom is -0.355 e. The average molecular weight is 268 g/mol. The van der Waals surface area contributed by atoms with Gasteiger partial charge in [-0.1, -0.05) is 34.6 Å². The summed E-state index contributed by atoms with van der Waals surface area (Å²) in [6.07, 6.45) is 3.80. The van der Waals surface area contributed by atoms with Crippen LogP contribution in [0.1, 0.15) is 53.9 Å². The van der Waals surface area contributed by atoms with Crippen molar-refractivity contribution >= 4 is 5.91 Å². The molecular weight excluding hydrogens is 236 g/mol. The van der Waals surface area contributed by atoms with E-state index < -0.39 is 0 Å². The molecule has 1 heterocycles. The number of carbonyl (C=O) groups is 1. The molecule has 3 heteroatoms. The molecule has 1 rings (SSSR count). The largest absolute Gasteiger partial charge is 0.355 e. The summed E-state index contributed by atoms with van der Waals surface area (Å²) >= 11 is 0. The van der Waals surface area contributed by atoms with Gasteiger partial charge in [0.15, 0.2) is 0 Å². The molecule has 112 valence electrons. The van der Waals surface area contributed by atoms with Gasteiger partial charge in [-0.25, -0.2) is 0 Å². The normalized spacial score (nSPS) is 18.8. The molecule has 0 aromatic rings. The zero-order valence-corrected chi connectivity index (χ0v) is 13.5. The van der Waals surface area contributed by atoms with Gasteiger partial charge >= 0.3 is 0 Å². The smallest absolute Gasteiger partial charge is 0.234 e. The van der Waals surface area contributed by atoms with E-state index in [-0.39, 0.29) is 5.91 Å². The van der Waals surface area contributed by atoms with E-state index in [1.54, 1.807) is 0 Å². The van der Waals surface area contributed by atoms with Gasteiger partial charge in [0.05, 0.1) is 6.54 Å². The van der Waals surface area contributed by atoms with Gasteiger partial charge in [-0.2, -0.15) is 0 Å². The summed E-state index contributed by atoms with van der Waals surface area (Å²) in [5.41, 5.74) is 0.432. The molecule has 1 aliphatic heterocycles. The van der Waals surface area contributed by atoms with Gasteiger partial charge in [-0.05, 0) is 49.6 Å². The lowest BCUT2D eigenvalue weighted by Crippen LogP contribution is -2.42. The van der Waals surface area contributed by atoms with Crippen LogP contribution in [0.15, 0.2) is 0 Å². The maximum Gasteiger partial charge on any atom is 0.234 e. The van der Waals surface area contributed by atoms with Crippen molar-refractivity contribution in [3.63, 3.8) is 0 Å². The monoisotopic (exact) mass is 268 g/mol. The second kappa shape index (κ2) is 7.28. The summed E-state index contributed by atoms with van der Waals surface area (Å²) in [6, 6.07) is 0. The van der Waals surface area contributed by atoms with E-state index in [0.29, 0.717) is 17.9 Å². The Labute approximate surface area is 119 Å². The highest BCUT2D eigenvalue weighted by Crippen LogP contribution is 2.30. The lowest BCUT2D eigenvalue weighted by molar-refractivity contribution is -0.122. The first-order valence-electron chi connectivity index (χ1n) is 7.75. The third-order valence-corrected chi connectivity index (χ3v) is 3.68. The van der Waals surface area contributed by atoms with E-state index in [4.69, 9.17) is 0 Å². The van der Waals surface area contributed by atoms with Crippen molar-refractivity contribution in [3.05, 3.63) is 0 Å². The first-order valence-corrected chi connectivity index (χ1v) is 7.75. The SMILES string of the molecule is CC(C)CNC(=O)CN1CCC(CC(C)(C)C)CC1. The Kier molecular flexibility index (Phi) is 6.31. The van der Waals surface area contributed by atoms with Crippen molar-refractivity contribution in [2.24, 2.45) is 17.3 Å². The molecule has 0 unspecified atom stereocenters. The van der Waals surface area contributed by atoms with Crippen molar-refractivity contribution in [2.45, 2.75) is 53.9 Å². The number of rotatable bonds is 5. The summed E-state index contributed by atoms with van der Waals surface area (Å²) in [5, 5.41) is 3.00. The Hall–Kier alpha value is -0.570. The molecule has 1 aliphatic rings. The first-order chi connectivity index (χ1) is 8.76. The van der Waals surface area contributed by atoms with Crippen LogP contribution in [0, 0.1) is 17.3 Å². The molecule has 3 nitrogen and oxygen atoms in total. The van der Waals surface area contributed by atoms with Gasteiger partial charge in [-0.15, -0.1) is 0 Å². The molecule has 19 heavy (non-hydrogen) atoms. The number of hydrogen-bond donors (Lipinski definition) is 1. The highest BCUT2D eigenvalue weighted by atomic mass is 16.2. The molecule has 1 amide bonds. The minimum absolute atomic E-state index is 0.183. The standard InChI is InChI=1S/C16H32N2O/c1-13(2)11-17-15(19)12-18-8-6-14(7-9-18)10-16(3,4)5/h13-14H,6-12H2,1-5H3,(H,17,19). The van der Waals surface area contributed by atoms with Crippen LogP contribution < -0.4 is 5.32 Å². The van der Waals surface area contributed by atoms with Crippen molar-refractivity contribution in [2.75, 3.05) is 26.2 Å². The third-order valence-electron chi connectivity index (χ3n) is 3.68. The van der Waals surface area contributed by atoms with Crippen molar-refractivity contribution in [3.8, 4) is 0 Å². The number of nitrogens with zero attached hydrogens (tertiary/aromatic N) is 1. The van der Waals surface area contributed by atoms with Gasteiger partial charge < -0.3 is 5.32 Å². The second-order valence-corrected chi connectivity index (χ2v) is 7.68. The molecule has 1 fully saturated rings. The van der Waals surface area contributed by atoms with Crippen LogP contribution in [0.2, 0.25) is 0 Å². The Morgan fingerprint density at radius 2 is 1.84 bits per heavy atom. The average Bonchev–Trinajstić information content (AvgIpc) is 2.27. The minimum atomic E-state index is 0.183. The summed E-state index contributed by atoms with van der Waals surface area (Å²) in [7, 11) is 0. The van der Waals surface area contributed by atoms with E-state index in [2.05, 4.69) is 44.8 Å². The third kappa shape index (κ3) is 7.56. The number of nitrogens with one attached hydrogen (secondary N) is 1. The van der Waals surface area contributed by atoms with Crippen molar-refractivity contribution < 1.29 is 4.79 Å². The predicted octanol–water partition coefficient (Wildman–Crippen LogP) is 2.91. The molecule has 1 saturated heterocycles. The van der Waals surface area contributed by atoms with Crippen LogP contribution in [0.25, 0.3) is 0 Å². The summed E-state index contributed by atoms with van der Waals surface area (Å²) in [6.45, 7) is 14.7. The molecule has 0 atom stereocenters. The van der Waals surface area contributed by atoms with Crippen LogP contribution in [-0.4, -0.2) is 37.0 Å². The Morgan fingerprint density at radius 1 is 1.26 bits per heavy atom. The number of carbonyl (C=O) groups excluding carboxylic acids is 1. The topological polar surface area (TPSA) is 32.3 Å². The van der Waals surface area contributed by atoms with E-state index in [1.807, 2.05) is 0 Å². The van der Waals surface area contributed by atoms with Crippen molar-refractivity contribution in [1.29, 1.82) is 0 Å². The zero-order valence-electron chi connectivity index (χ0n) is 13.5. The van der Waals surface area contributed by atoms with E-state index >= 15 is 0 Å². The van der Waals surface area contributed by atoms with Crippen molar-refractivity contribution in [1.82, 2.24) is 10.2 Å². The van der Waals surface area contributed by atoms with E-state index in [1.165, 1.54) is 19.3 Å². The number of hydrogen-bond acceptors (Lipinski definition) is 2. The van der Waals surface area contributed by atoms with Gasteiger partial charge in [-0.3, -0.25) is 9.69 Å².